The molecule has 5 nitrogen and oxygen atoms in total. The van der Waals surface area contributed by atoms with Crippen LogP contribution in [0.2, 0.25) is 0 Å². The van der Waals surface area contributed by atoms with Gasteiger partial charge in [0.15, 0.2) is 4.34 Å². The highest BCUT2D eigenvalue weighted by Crippen LogP contribution is 2.22. The minimum Gasteiger partial charge on any atom is -0.341 e. The van der Waals surface area contributed by atoms with Crippen LogP contribution in [-0.2, 0) is 4.79 Å². The van der Waals surface area contributed by atoms with E-state index >= 15 is 0 Å². The summed E-state index contributed by atoms with van der Waals surface area (Å²) < 4.78 is 0.879. The average Bonchev–Trinajstić information content (AvgIpc) is 2.58. The van der Waals surface area contributed by atoms with Gasteiger partial charge in [-0.25, -0.2) is 0 Å². The number of aromatic nitrogens is 2. The minimum absolute atomic E-state index is 0.201. The molecule has 1 N–H and O–H groups in total. The fourth-order valence-corrected chi connectivity index (χ4v) is 3.37. The fourth-order valence-electron chi connectivity index (χ4n) is 1.65. The van der Waals surface area contributed by atoms with E-state index in [2.05, 4.69) is 15.5 Å². The molecule has 2 rings (SSSR count). The van der Waals surface area contributed by atoms with E-state index in [-0.39, 0.29) is 5.91 Å². The number of amides is 1. The van der Waals surface area contributed by atoms with Crippen molar-refractivity contribution in [1.29, 1.82) is 0 Å². The summed E-state index contributed by atoms with van der Waals surface area (Å²) in [5.74, 6) is 0.667. The molecule has 0 unspecified atom stereocenters. The number of hydrogen-bond acceptors (Lipinski definition) is 6. The van der Waals surface area contributed by atoms with E-state index in [1.54, 1.807) is 0 Å². The quantitative estimate of drug-likeness (QED) is 0.823. The second kappa shape index (κ2) is 6.32. The molecule has 0 spiro atoms. The predicted octanol–water partition coefficient (Wildman–Crippen LogP) is 0.761. The van der Waals surface area contributed by atoms with E-state index in [4.69, 9.17) is 0 Å². The molecular formula is C10H16N4OS2. The van der Waals surface area contributed by atoms with Crippen molar-refractivity contribution in [2.24, 2.45) is 0 Å². The Balaban J connectivity index is 1.79. The summed E-state index contributed by atoms with van der Waals surface area (Å²) in [5, 5.41) is 12.2. The van der Waals surface area contributed by atoms with Crippen molar-refractivity contribution in [1.82, 2.24) is 20.4 Å². The number of nitrogens with one attached hydrogen (secondary N) is 1. The van der Waals surface area contributed by atoms with E-state index < -0.39 is 0 Å². The SMILES string of the molecule is Cc1nnc(SCC(=O)N2CCCNCC2)s1. The zero-order valence-corrected chi connectivity index (χ0v) is 11.4. The van der Waals surface area contributed by atoms with Gasteiger partial charge in [-0.2, -0.15) is 0 Å². The maximum Gasteiger partial charge on any atom is 0.233 e. The third kappa shape index (κ3) is 3.93. The van der Waals surface area contributed by atoms with Crippen LogP contribution in [0.25, 0.3) is 0 Å². The Bertz CT molecular complexity index is 374. The van der Waals surface area contributed by atoms with Crippen LogP contribution >= 0.6 is 23.1 Å². The first-order chi connectivity index (χ1) is 8.25. The molecule has 0 saturated carbocycles. The third-order valence-electron chi connectivity index (χ3n) is 2.52. The third-order valence-corrected chi connectivity index (χ3v) is 4.48. The highest BCUT2D eigenvalue weighted by Gasteiger charge is 2.15. The number of nitrogens with zero attached hydrogens (tertiary/aromatic N) is 3. The molecule has 0 aromatic carbocycles. The van der Waals surface area contributed by atoms with Gasteiger partial charge in [0.25, 0.3) is 0 Å². The van der Waals surface area contributed by atoms with Crippen LogP contribution in [0.1, 0.15) is 11.4 Å². The summed E-state index contributed by atoms with van der Waals surface area (Å²) in [7, 11) is 0. The Labute approximate surface area is 109 Å². The Kier molecular flexibility index (Phi) is 4.75. The number of aryl methyl sites for hydroxylation is 1. The Morgan fingerprint density at radius 2 is 2.35 bits per heavy atom. The van der Waals surface area contributed by atoms with Gasteiger partial charge in [-0.15, -0.1) is 10.2 Å². The second-order valence-electron chi connectivity index (χ2n) is 3.86. The lowest BCUT2D eigenvalue weighted by molar-refractivity contribution is -0.128. The Morgan fingerprint density at radius 3 is 3.12 bits per heavy atom. The zero-order chi connectivity index (χ0) is 12.1. The monoisotopic (exact) mass is 272 g/mol. The van der Waals surface area contributed by atoms with Gasteiger partial charge >= 0.3 is 0 Å². The summed E-state index contributed by atoms with van der Waals surface area (Å²) in [5.41, 5.74) is 0. The van der Waals surface area contributed by atoms with Crippen LogP contribution in [0, 0.1) is 6.92 Å². The van der Waals surface area contributed by atoms with Gasteiger partial charge < -0.3 is 10.2 Å². The Morgan fingerprint density at radius 1 is 1.47 bits per heavy atom. The van der Waals surface area contributed by atoms with Gasteiger partial charge in [-0.1, -0.05) is 23.1 Å². The largest absolute Gasteiger partial charge is 0.341 e. The highest BCUT2D eigenvalue weighted by molar-refractivity contribution is 8.01. The van der Waals surface area contributed by atoms with Crippen molar-refractivity contribution in [3.8, 4) is 0 Å². The second-order valence-corrected chi connectivity index (χ2v) is 6.26. The molecule has 94 valence electrons. The first-order valence-corrected chi connectivity index (χ1v) is 7.47. The van der Waals surface area contributed by atoms with E-state index in [9.17, 15) is 4.79 Å². The van der Waals surface area contributed by atoms with Crippen LogP contribution in [0.5, 0.6) is 0 Å². The number of thioether (sulfide) groups is 1. The van der Waals surface area contributed by atoms with Gasteiger partial charge in [-0.05, 0) is 19.9 Å². The fraction of sp³-hybridized carbons (Fsp3) is 0.700. The van der Waals surface area contributed by atoms with Crippen molar-refractivity contribution in [3.05, 3.63) is 5.01 Å². The number of carbonyl (C=O) groups excluding carboxylic acids is 1. The molecule has 1 fully saturated rings. The molecule has 17 heavy (non-hydrogen) atoms. The maximum absolute atomic E-state index is 12.0. The molecule has 1 aliphatic heterocycles. The number of carbonyl (C=O) groups is 1. The first kappa shape index (κ1) is 12.8. The van der Waals surface area contributed by atoms with Crippen molar-refractivity contribution < 1.29 is 4.79 Å². The molecule has 1 aromatic rings. The molecule has 1 saturated heterocycles. The maximum atomic E-state index is 12.0. The van der Waals surface area contributed by atoms with Crippen LogP contribution < -0.4 is 5.32 Å². The topological polar surface area (TPSA) is 58.1 Å². The van der Waals surface area contributed by atoms with Gasteiger partial charge in [0, 0.05) is 19.6 Å². The molecular weight excluding hydrogens is 256 g/mol. The van der Waals surface area contributed by atoms with E-state index in [0.29, 0.717) is 5.75 Å². The predicted molar refractivity (Wildman–Crippen MR) is 69.4 cm³/mol. The average molecular weight is 272 g/mol. The minimum atomic E-state index is 0.201. The number of hydrogen-bond donors (Lipinski definition) is 1. The van der Waals surface area contributed by atoms with E-state index in [1.807, 2.05) is 11.8 Å². The standard InChI is InChI=1S/C10H16N4OS2/c1-8-12-13-10(17-8)16-7-9(15)14-5-2-3-11-4-6-14/h11H,2-7H2,1H3. The lowest BCUT2D eigenvalue weighted by atomic mass is 10.4. The molecule has 7 heteroatoms. The molecule has 1 amide bonds. The molecule has 1 aliphatic rings. The van der Waals surface area contributed by atoms with Crippen molar-refractivity contribution >= 4 is 29.0 Å². The van der Waals surface area contributed by atoms with Crippen LogP contribution in [0.15, 0.2) is 4.34 Å². The van der Waals surface area contributed by atoms with Crippen molar-refractivity contribution in [3.63, 3.8) is 0 Å². The highest BCUT2D eigenvalue weighted by atomic mass is 32.2. The van der Waals surface area contributed by atoms with E-state index in [1.165, 1.54) is 23.1 Å². The van der Waals surface area contributed by atoms with Gasteiger partial charge in [-0.3, -0.25) is 4.79 Å². The summed E-state index contributed by atoms with van der Waals surface area (Å²) in [4.78, 5) is 13.9. The summed E-state index contributed by atoms with van der Waals surface area (Å²) in [6.07, 6.45) is 1.04. The molecule has 1 aromatic heterocycles. The lowest BCUT2D eigenvalue weighted by Crippen LogP contribution is -2.35. The summed E-state index contributed by atoms with van der Waals surface area (Å²) in [6, 6.07) is 0. The summed E-state index contributed by atoms with van der Waals surface area (Å²) in [6.45, 7) is 5.50. The van der Waals surface area contributed by atoms with Gasteiger partial charge in [0.05, 0.1) is 5.75 Å². The van der Waals surface area contributed by atoms with Crippen molar-refractivity contribution in [2.75, 3.05) is 31.9 Å². The zero-order valence-electron chi connectivity index (χ0n) is 9.81. The van der Waals surface area contributed by atoms with Crippen LogP contribution in [0.3, 0.4) is 0 Å². The molecule has 0 bridgehead atoms. The van der Waals surface area contributed by atoms with Crippen LogP contribution in [-0.4, -0.2) is 52.9 Å². The van der Waals surface area contributed by atoms with E-state index in [0.717, 1.165) is 41.9 Å². The van der Waals surface area contributed by atoms with Gasteiger partial charge in [0.1, 0.15) is 5.01 Å². The molecule has 2 heterocycles. The van der Waals surface area contributed by atoms with Gasteiger partial charge in [0.2, 0.25) is 5.91 Å². The van der Waals surface area contributed by atoms with Crippen LogP contribution in [0.4, 0.5) is 0 Å². The molecule has 0 radical (unpaired) electrons. The summed E-state index contributed by atoms with van der Waals surface area (Å²) >= 11 is 3.02. The Hall–Kier alpha value is -0.660. The molecule has 0 aliphatic carbocycles. The smallest absolute Gasteiger partial charge is 0.233 e. The lowest BCUT2D eigenvalue weighted by Gasteiger charge is -2.19. The normalized spacial score (nSPS) is 16.9. The molecule has 0 atom stereocenters. The number of rotatable bonds is 3. The first-order valence-electron chi connectivity index (χ1n) is 5.67. The van der Waals surface area contributed by atoms with Crippen molar-refractivity contribution in [2.45, 2.75) is 17.7 Å².